The summed E-state index contributed by atoms with van der Waals surface area (Å²) in [5, 5.41) is 6.84. The number of hydrogen-bond donors (Lipinski definition) is 1. The van der Waals surface area contributed by atoms with Gasteiger partial charge in [-0.15, -0.1) is 0 Å². The van der Waals surface area contributed by atoms with E-state index in [1.165, 1.54) is 29.2 Å². The van der Waals surface area contributed by atoms with Crippen LogP contribution in [-0.4, -0.2) is 39.9 Å². The van der Waals surface area contributed by atoms with Crippen LogP contribution in [-0.2, 0) is 10.9 Å². The van der Waals surface area contributed by atoms with Gasteiger partial charge in [-0.05, 0) is 30.7 Å². The van der Waals surface area contributed by atoms with Gasteiger partial charge in [-0.25, -0.2) is 9.48 Å². The first-order valence-electron chi connectivity index (χ1n) is 9.78. The Morgan fingerprint density at radius 3 is 2.65 bits per heavy atom. The molecule has 2 aromatic carbocycles. The van der Waals surface area contributed by atoms with Gasteiger partial charge in [0.2, 0.25) is 0 Å². The second-order valence-electron chi connectivity index (χ2n) is 7.40. The average Bonchev–Trinajstić information content (AvgIpc) is 3.22. The van der Waals surface area contributed by atoms with E-state index >= 15 is 0 Å². The molecular weight excluding hydrogens is 409 g/mol. The second kappa shape index (κ2) is 8.43. The molecule has 0 aliphatic carbocycles. The molecule has 2 amide bonds. The zero-order valence-corrected chi connectivity index (χ0v) is 16.7. The van der Waals surface area contributed by atoms with E-state index in [0.717, 1.165) is 17.7 Å². The predicted octanol–water partition coefficient (Wildman–Crippen LogP) is 4.89. The number of nitrogens with zero attached hydrogens (tertiary/aromatic N) is 3. The van der Waals surface area contributed by atoms with E-state index in [-0.39, 0.29) is 23.9 Å². The molecule has 1 aromatic heterocycles. The molecule has 4 rings (SSSR count). The molecule has 0 bridgehead atoms. The van der Waals surface area contributed by atoms with Gasteiger partial charge < -0.3 is 15.0 Å². The Labute approximate surface area is 177 Å². The Hall–Kier alpha value is -3.33. The summed E-state index contributed by atoms with van der Waals surface area (Å²) < 4.78 is 46.1. The van der Waals surface area contributed by atoms with E-state index in [1.54, 1.807) is 4.90 Å². The number of amides is 2. The fourth-order valence-electron chi connectivity index (χ4n) is 3.52. The number of anilines is 1. The maximum Gasteiger partial charge on any atom is 0.416 e. The molecule has 1 fully saturated rings. The van der Waals surface area contributed by atoms with Gasteiger partial charge in [-0.1, -0.05) is 36.4 Å². The summed E-state index contributed by atoms with van der Waals surface area (Å²) in [4.78, 5) is 14.5. The molecule has 162 valence electrons. The Balaban J connectivity index is 1.45. The van der Waals surface area contributed by atoms with Crippen molar-refractivity contribution in [2.75, 3.05) is 18.4 Å². The fraction of sp³-hybridized carbons (Fsp3) is 0.273. The molecule has 2 heterocycles. The highest BCUT2D eigenvalue weighted by atomic mass is 19.4. The second-order valence-corrected chi connectivity index (χ2v) is 7.40. The van der Waals surface area contributed by atoms with Gasteiger partial charge in [0.25, 0.3) is 0 Å². The first kappa shape index (κ1) is 20.9. The minimum absolute atomic E-state index is 0.141. The lowest BCUT2D eigenvalue weighted by molar-refractivity contribution is -0.137. The maximum absolute atomic E-state index is 13.0. The number of benzene rings is 2. The SMILES string of the molecule is C[C@H]1CN(C(=O)Nc2cnn(-c3cccc(C(F)(F)F)c3)c2)C[C@@H](c2ccccc2)O1. The topological polar surface area (TPSA) is 59.4 Å². The van der Waals surface area contributed by atoms with Gasteiger partial charge >= 0.3 is 12.2 Å². The lowest BCUT2D eigenvalue weighted by atomic mass is 10.1. The highest BCUT2D eigenvalue weighted by molar-refractivity contribution is 5.89. The van der Waals surface area contributed by atoms with Crippen molar-refractivity contribution in [3.05, 3.63) is 78.1 Å². The first-order chi connectivity index (χ1) is 14.8. The van der Waals surface area contributed by atoms with Crippen LogP contribution in [0.4, 0.5) is 23.7 Å². The van der Waals surface area contributed by atoms with Gasteiger partial charge in [-0.3, -0.25) is 0 Å². The number of rotatable bonds is 3. The Morgan fingerprint density at radius 1 is 1.13 bits per heavy atom. The summed E-state index contributed by atoms with van der Waals surface area (Å²) in [5.41, 5.74) is 0.863. The molecule has 1 saturated heterocycles. The molecule has 0 radical (unpaired) electrons. The van der Waals surface area contributed by atoms with E-state index in [2.05, 4.69) is 10.4 Å². The van der Waals surface area contributed by atoms with Crippen LogP contribution >= 0.6 is 0 Å². The molecule has 6 nitrogen and oxygen atoms in total. The Bertz CT molecular complexity index is 1050. The number of halogens is 3. The van der Waals surface area contributed by atoms with Crippen LogP contribution in [0.5, 0.6) is 0 Å². The first-order valence-corrected chi connectivity index (χ1v) is 9.78. The van der Waals surface area contributed by atoms with Crippen LogP contribution in [0.2, 0.25) is 0 Å². The van der Waals surface area contributed by atoms with Gasteiger partial charge in [0.05, 0.1) is 42.0 Å². The van der Waals surface area contributed by atoms with Crippen molar-refractivity contribution >= 4 is 11.7 Å². The molecule has 31 heavy (non-hydrogen) atoms. The summed E-state index contributed by atoms with van der Waals surface area (Å²) in [7, 11) is 0. The molecule has 0 spiro atoms. The van der Waals surface area contributed by atoms with Crippen molar-refractivity contribution in [1.82, 2.24) is 14.7 Å². The summed E-state index contributed by atoms with van der Waals surface area (Å²) in [5.74, 6) is 0. The third kappa shape index (κ3) is 4.88. The van der Waals surface area contributed by atoms with Crippen molar-refractivity contribution in [3.8, 4) is 5.69 Å². The molecule has 0 saturated carbocycles. The molecular formula is C22H21F3N4O2. The molecule has 2 atom stereocenters. The normalized spacial score (nSPS) is 19.3. The van der Waals surface area contributed by atoms with E-state index in [0.29, 0.717) is 18.8 Å². The van der Waals surface area contributed by atoms with Crippen molar-refractivity contribution in [2.45, 2.75) is 25.3 Å². The number of nitrogens with one attached hydrogen (secondary N) is 1. The molecule has 1 aliphatic rings. The lowest BCUT2D eigenvalue weighted by Gasteiger charge is -2.36. The van der Waals surface area contributed by atoms with Crippen LogP contribution in [0.15, 0.2) is 67.0 Å². The van der Waals surface area contributed by atoms with Crippen LogP contribution in [0.3, 0.4) is 0 Å². The number of urea groups is 1. The van der Waals surface area contributed by atoms with E-state index in [4.69, 9.17) is 4.74 Å². The fourth-order valence-corrected chi connectivity index (χ4v) is 3.52. The largest absolute Gasteiger partial charge is 0.416 e. The zero-order chi connectivity index (χ0) is 22.0. The van der Waals surface area contributed by atoms with Crippen LogP contribution in [0.25, 0.3) is 5.69 Å². The van der Waals surface area contributed by atoms with E-state index in [1.807, 2.05) is 37.3 Å². The maximum atomic E-state index is 13.0. The summed E-state index contributed by atoms with van der Waals surface area (Å²) in [6, 6.07) is 14.2. The lowest BCUT2D eigenvalue weighted by Crippen LogP contribution is -2.47. The number of aromatic nitrogens is 2. The molecule has 3 aromatic rings. The molecule has 0 unspecified atom stereocenters. The van der Waals surface area contributed by atoms with Crippen LogP contribution in [0, 0.1) is 0 Å². The summed E-state index contributed by atoms with van der Waals surface area (Å²) in [6.07, 6.45) is -1.94. The highest BCUT2D eigenvalue weighted by Crippen LogP contribution is 2.30. The van der Waals surface area contributed by atoms with Gasteiger partial charge in [0.1, 0.15) is 6.10 Å². The number of alkyl halides is 3. The number of carbonyl (C=O) groups is 1. The third-order valence-electron chi connectivity index (χ3n) is 4.99. The number of hydrogen-bond acceptors (Lipinski definition) is 3. The minimum atomic E-state index is -4.44. The number of morpholine rings is 1. The molecule has 9 heteroatoms. The highest BCUT2D eigenvalue weighted by Gasteiger charge is 2.31. The van der Waals surface area contributed by atoms with Gasteiger partial charge in [0.15, 0.2) is 0 Å². The Morgan fingerprint density at radius 2 is 1.90 bits per heavy atom. The van der Waals surface area contributed by atoms with Crippen molar-refractivity contribution in [3.63, 3.8) is 0 Å². The van der Waals surface area contributed by atoms with Crippen molar-refractivity contribution in [1.29, 1.82) is 0 Å². The van der Waals surface area contributed by atoms with E-state index in [9.17, 15) is 18.0 Å². The molecule has 1 N–H and O–H groups in total. The average molecular weight is 430 g/mol. The van der Waals surface area contributed by atoms with Crippen molar-refractivity contribution in [2.24, 2.45) is 0 Å². The monoisotopic (exact) mass is 430 g/mol. The quantitative estimate of drug-likeness (QED) is 0.644. The Kier molecular flexibility index (Phi) is 5.69. The van der Waals surface area contributed by atoms with Gasteiger partial charge in [0, 0.05) is 6.54 Å². The molecule has 1 aliphatic heterocycles. The summed E-state index contributed by atoms with van der Waals surface area (Å²) >= 11 is 0. The van der Waals surface area contributed by atoms with Crippen LogP contribution in [0.1, 0.15) is 24.2 Å². The standard InChI is InChI=1S/C22H21F3N4O2/c1-15-12-28(14-20(31-15)16-6-3-2-4-7-16)21(30)27-18-11-26-29(13-18)19-9-5-8-17(10-19)22(23,24)25/h2-11,13,15,20H,12,14H2,1H3,(H,27,30)/t15-,20-/m0/s1. The van der Waals surface area contributed by atoms with Crippen molar-refractivity contribution < 1.29 is 22.7 Å². The number of carbonyl (C=O) groups excluding carboxylic acids is 1. The third-order valence-corrected chi connectivity index (χ3v) is 4.99. The van der Waals surface area contributed by atoms with E-state index < -0.39 is 11.7 Å². The predicted molar refractivity (Wildman–Crippen MR) is 109 cm³/mol. The minimum Gasteiger partial charge on any atom is -0.367 e. The zero-order valence-electron chi connectivity index (χ0n) is 16.7. The van der Waals surface area contributed by atoms with Gasteiger partial charge in [-0.2, -0.15) is 18.3 Å². The van der Waals surface area contributed by atoms with Crippen LogP contribution < -0.4 is 5.32 Å². The summed E-state index contributed by atoms with van der Waals surface area (Å²) in [6.45, 7) is 2.72. The smallest absolute Gasteiger partial charge is 0.367 e. The number of ether oxygens (including phenoxy) is 1.